The molecule has 0 N–H and O–H groups in total. The van der Waals surface area contributed by atoms with Gasteiger partial charge in [0.15, 0.2) is 0 Å². The molecule has 0 nitrogen and oxygen atoms in total. The molecule has 0 amide bonds. The minimum Gasteiger partial charge on any atom is -0.342 e. The van der Waals surface area contributed by atoms with E-state index in [9.17, 15) is 0 Å². The molecule has 1 heteroatoms. The summed E-state index contributed by atoms with van der Waals surface area (Å²) in [6.45, 7) is 17.9. The van der Waals surface area contributed by atoms with Gasteiger partial charge in [0.05, 0.1) is 0 Å². The topological polar surface area (TPSA) is 0 Å². The molecule has 29 heavy (non-hydrogen) atoms. The number of hydrogen-bond donors (Lipinski definition) is 0. The van der Waals surface area contributed by atoms with Crippen molar-refractivity contribution in [2.24, 2.45) is 11.8 Å². The van der Waals surface area contributed by atoms with Gasteiger partial charge < -0.3 is 13.8 Å². The predicted molar refractivity (Wildman–Crippen MR) is 125 cm³/mol. The van der Waals surface area contributed by atoms with Crippen molar-refractivity contribution < 1.29 is 26.2 Å². The summed E-state index contributed by atoms with van der Waals surface area (Å²) in [4.78, 5) is 0. The first-order valence-electron chi connectivity index (χ1n) is 11.0. The molecule has 0 heterocycles. The molecule has 2 saturated carbocycles. The van der Waals surface area contributed by atoms with E-state index < -0.39 is 0 Å². The van der Waals surface area contributed by atoms with Gasteiger partial charge in [0.25, 0.3) is 0 Å². The van der Waals surface area contributed by atoms with E-state index in [-0.39, 0.29) is 26.2 Å². The quantitative estimate of drug-likeness (QED) is 0.368. The van der Waals surface area contributed by atoms with Crippen molar-refractivity contribution in [1.29, 1.82) is 0 Å². The summed E-state index contributed by atoms with van der Waals surface area (Å²) < 4.78 is 0. The largest absolute Gasteiger partial charge is 4.00 e. The average Bonchev–Trinajstić information content (AvgIpc) is 3.46. The van der Waals surface area contributed by atoms with Crippen LogP contribution in [0.3, 0.4) is 0 Å². The Morgan fingerprint density at radius 1 is 0.552 bits per heavy atom. The fourth-order valence-electron chi connectivity index (χ4n) is 3.92. The molecule has 3 rings (SSSR count). The Morgan fingerprint density at radius 3 is 0.966 bits per heavy atom. The van der Waals surface area contributed by atoms with Gasteiger partial charge in [-0.3, -0.25) is 0 Å². The molecule has 2 atom stereocenters. The maximum Gasteiger partial charge on any atom is 4.00 e. The molecule has 0 saturated heterocycles. The molecule has 0 aromatic rings. The monoisotopic (exact) mass is 466 g/mol. The molecule has 0 bridgehead atoms. The van der Waals surface area contributed by atoms with Gasteiger partial charge in [0.1, 0.15) is 0 Å². The van der Waals surface area contributed by atoms with Crippen molar-refractivity contribution in [3.8, 4) is 0 Å². The zero-order valence-corrected chi connectivity index (χ0v) is 21.5. The van der Waals surface area contributed by atoms with Crippen LogP contribution in [0.1, 0.15) is 66.2 Å². The van der Waals surface area contributed by atoms with E-state index in [0.29, 0.717) is 11.8 Å². The summed E-state index contributed by atoms with van der Waals surface area (Å²) in [5.74, 6) is 0.947. The number of rotatable bonds is 4. The van der Waals surface area contributed by atoms with Gasteiger partial charge in [0, 0.05) is 0 Å². The van der Waals surface area contributed by atoms with Crippen LogP contribution in [0, 0.1) is 89.9 Å². The second-order valence-electron chi connectivity index (χ2n) is 7.43. The normalized spacial score (nSPS) is 29.6. The molecule has 0 spiro atoms. The molecule has 3 aliphatic carbocycles. The van der Waals surface area contributed by atoms with Crippen molar-refractivity contribution in [2.75, 3.05) is 0 Å². The van der Waals surface area contributed by atoms with Crippen LogP contribution in [-0.4, -0.2) is 0 Å². The molecule has 0 aliphatic heterocycles. The second-order valence-corrected chi connectivity index (χ2v) is 7.43. The molecular weight excluding hydrogens is 428 g/mol. The second kappa shape index (κ2) is 18.0. The van der Waals surface area contributed by atoms with E-state index >= 15 is 0 Å². The summed E-state index contributed by atoms with van der Waals surface area (Å²) in [5, 5.41) is 0. The van der Waals surface area contributed by atoms with Crippen LogP contribution in [-0.2, 0) is 26.2 Å². The van der Waals surface area contributed by atoms with Crippen LogP contribution in [0.15, 0.2) is 22.3 Å². The smallest absolute Gasteiger partial charge is 0.342 e. The standard InChI is InChI=1S/C18H30.2C5H5.Zr/c1-7-15-11-13(5)14(6)12-16(8-2)18(10-4)17(15)9-3;2*1-2-4-5-3-1;/h13-14H,5-12H2,1-4H3;2*1-5H;/q-2;;;+4/b17-15-,18-16-;;;/t13-,14-;;;/m0.../s1. The SMILES string of the molecule is [CH2-][C@H]1C/C(CC)=C(CC)\C(CC)=C(\CC)C[C@@H]1[CH2-].[CH]1[CH][CH][CH][CH]1.[CH]1[CH][CH][CH][CH]1.[Zr+4]. The Balaban J connectivity index is 0.000000575. The van der Waals surface area contributed by atoms with Crippen molar-refractivity contribution in [1.82, 2.24) is 0 Å². The van der Waals surface area contributed by atoms with E-state index in [1.807, 2.05) is 64.2 Å². The minimum absolute atomic E-state index is 0. The van der Waals surface area contributed by atoms with E-state index in [4.69, 9.17) is 0 Å². The first-order valence-corrected chi connectivity index (χ1v) is 11.0. The van der Waals surface area contributed by atoms with Crippen molar-refractivity contribution in [2.45, 2.75) is 66.2 Å². The summed E-state index contributed by atoms with van der Waals surface area (Å²) in [6, 6.07) is 0. The van der Waals surface area contributed by atoms with Crippen LogP contribution in [0.25, 0.3) is 0 Å². The molecule has 154 valence electrons. The molecule has 0 unspecified atom stereocenters. The zero-order chi connectivity index (χ0) is 20.8. The number of hydrogen-bond acceptors (Lipinski definition) is 0. The Morgan fingerprint density at radius 2 is 0.793 bits per heavy atom. The van der Waals surface area contributed by atoms with E-state index in [1.54, 1.807) is 22.3 Å². The Kier molecular flexibility index (Phi) is 18.2. The minimum atomic E-state index is 0. The van der Waals surface area contributed by atoms with Gasteiger partial charge >= 0.3 is 26.2 Å². The van der Waals surface area contributed by atoms with Gasteiger partial charge in [-0.2, -0.15) is 11.8 Å². The third-order valence-corrected chi connectivity index (χ3v) is 5.57. The maximum absolute atomic E-state index is 4.35. The summed E-state index contributed by atoms with van der Waals surface area (Å²) >= 11 is 0. The summed E-state index contributed by atoms with van der Waals surface area (Å²) in [6.07, 6.45) is 27.0. The Labute approximate surface area is 203 Å². The fraction of sp³-hybridized carbons (Fsp3) is 0.429. The van der Waals surface area contributed by atoms with Crippen LogP contribution < -0.4 is 0 Å². The van der Waals surface area contributed by atoms with Crippen molar-refractivity contribution in [3.05, 3.63) is 100 Å². The van der Waals surface area contributed by atoms with Gasteiger partial charge in [-0.25, -0.2) is 0 Å². The first kappa shape index (κ1) is 29.4. The van der Waals surface area contributed by atoms with E-state index in [0.717, 1.165) is 12.8 Å². The van der Waals surface area contributed by atoms with Crippen LogP contribution in [0.5, 0.6) is 0 Å². The average molecular weight is 468 g/mol. The molecule has 0 aromatic heterocycles. The fourth-order valence-corrected chi connectivity index (χ4v) is 3.92. The third-order valence-electron chi connectivity index (χ3n) is 5.57. The Bertz CT molecular complexity index is 403. The van der Waals surface area contributed by atoms with Gasteiger partial charge in [-0.05, 0) is 101 Å². The maximum atomic E-state index is 4.35. The summed E-state index contributed by atoms with van der Waals surface area (Å²) in [5.41, 5.74) is 6.54. The molecule has 2 fully saturated rings. The van der Waals surface area contributed by atoms with Crippen LogP contribution >= 0.6 is 0 Å². The van der Waals surface area contributed by atoms with Gasteiger partial charge in [0.2, 0.25) is 0 Å². The Hall–Kier alpha value is 0.363. The molecule has 0 aromatic carbocycles. The van der Waals surface area contributed by atoms with Crippen LogP contribution in [0.4, 0.5) is 0 Å². The van der Waals surface area contributed by atoms with Crippen LogP contribution in [0.2, 0.25) is 0 Å². The van der Waals surface area contributed by atoms with Gasteiger partial charge in [-0.15, -0.1) is 0 Å². The van der Waals surface area contributed by atoms with E-state index in [1.165, 1.54) is 25.7 Å². The van der Waals surface area contributed by atoms with Crippen molar-refractivity contribution >= 4 is 0 Å². The van der Waals surface area contributed by atoms with Crippen molar-refractivity contribution in [3.63, 3.8) is 0 Å². The third kappa shape index (κ3) is 11.0. The zero-order valence-electron chi connectivity index (χ0n) is 19.1. The number of allylic oxidation sites excluding steroid dienone is 4. The van der Waals surface area contributed by atoms with E-state index in [2.05, 4.69) is 41.5 Å². The molecule has 3 aliphatic rings. The summed E-state index contributed by atoms with van der Waals surface area (Å²) in [7, 11) is 0. The first-order chi connectivity index (χ1) is 13.6. The van der Waals surface area contributed by atoms with Gasteiger partial charge in [-0.1, -0.05) is 51.7 Å². The molecular formula is C28H40Zr+2. The predicted octanol–water partition coefficient (Wildman–Crippen LogP) is 7.95. The molecule has 10 radical (unpaired) electrons.